The second-order valence-electron chi connectivity index (χ2n) is 5.89. The van der Waals surface area contributed by atoms with E-state index in [2.05, 4.69) is 10.6 Å². The third-order valence-electron chi connectivity index (χ3n) is 4.19. The average molecular weight is 322 g/mol. The van der Waals surface area contributed by atoms with Crippen molar-refractivity contribution in [1.29, 1.82) is 0 Å². The highest BCUT2D eigenvalue weighted by Crippen LogP contribution is 2.27. The van der Waals surface area contributed by atoms with Gasteiger partial charge in [0, 0.05) is 13.7 Å². The molecule has 1 amide bonds. The summed E-state index contributed by atoms with van der Waals surface area (Å²) in [6.07, 6.45) is 2.43. The lowest BCUT2D eigenvalue weighted by Gasteiger charge is -2.29. The zero-order valence-corrected chi connectivity index (χ0v) is 14.1. The first kappa shape index (κ1) is 17.6. The van der Waals surface area contributed by atoms with Gasteiger partial charge in [-0.1, -0.05) is 6.07 Å². The van der Waals surface area contributed by atoms with Crippen molar-refractivity contribution in [2.24, 2.45) is 0 Å². The summed E-state index contributed by atoms with van der Waals surface area (Å²) >= 11 is 0. The van der Waals surface area contributed by atoms with Crippen LogP contribution in [-0.2, 0) is 16.0 Å². The van der Waals surface area contributed by atoms with E-state index in [0.29, 0.717) is 31.1 Å². The van der Waals surface area contributed by atoms with Crippen molar-refractivity contribution in [3.05, 3.63) is 23.8 Å². The molecule has 1 atom stereocenters. The number of nitrogens with one attached hydrogen (secondary N) is 2. The van der Waals surface area contributed by atoms with Crippen molar-refractivity contribution in [2.45, 2.75) is 24.8 Å². The molecule has 6 heteroatoms. The molecule has 1 heterocycles. The van der Waals surface area contributed by atoms with E-state index in [1.807, 2.05) is 18.2 Å². The molecule has 1 saturated heterocycles. The summed E-state index contributed by atoms with van der Waals surface area (Å²) in [6, 6.07) is 5.52. The number of benzene rings is 1. The minimum Gasteiger partial charge on any atom is -0.493 e. The first-order valence-corrected chi connectivity index (χ1v) is 7.84. The van der Waals surface area contributed by atoms with Gasteiger partial charge in [-0.05, 0) is 37.1 Å². The molecule has 0 radical (unpaired) electrons. The van der Waals surface area contributed by atoms with Gasteiger partial charge < -0.3 is 24.8 Å². The van der Waals surface area contributed by atoms with Gasteiger partial charge in [0.25, 0.3) is 0 Å². The second kappa shape index (κ2) is 8.17. The molecule has 0 spiro atoms. The number of rotatable bonds is 8. The Kier molecular flexibility index (Phi) is 6.24. The SMILES string of the molecule is COCC1(CNC(=O)Cc2ccc(OC)c(OC)c2)CCCN1. The van der Waals surface area contributed by atoms with E-state index >= 15 is 0 Å². The fourth-order valence-electron chi connectivity index (χ4n) is 2.98. The highest BCUT2D eigenvalue weighted by atomic mass is 16.5. The number of ether oxygens (including phenoxy) is 3. The highest BCUT2D eigenvalue weighted by molar-refractivity contribution is 5.78. The van der Waals surface area contributed by atoms with Gasteiger partial charge in [-0.2, -0.15) is 0 Å². The molecule has 0 aromatic heterocycles. The number of amides is 1. The van der Waals surface area contributed by atoms with E-state index in [4.69, 9.17) is 14.2 Å². The molecule has 6 nitrogen and oxygen atoms in total. The molecule has 2 rings (SSSR count). The van der Waals surface area contributed by atoms with Crippen molar-refractivity contribution >= 4 is 5.91 Å². The normalized spacial score (nSPS) is 20.3. The molecule has 1 aliphatic rings. The van der Waals surface area contributed by atoms with Gasteiger partial charge in [-0.15, -0.1) is 0 Å². The van der Waals surface area contributed by atoms with E-state index in [-0.39, 0.29) is 11.4 Å². The van der Waals surface area contributed by atoms with Crippen LogP contribution in [0.3, 0.4) is 0 Å². The summed E-state index contributed by atoms with van der Waals surface area (Å²) in [5, 5.41) is 6.46. The van der Waals surface area contributed by atoms with Gasteiger partial charge in [0.15, 0.2) is 11.5 Å². The van der Waals surface area contributed by atoms with Gasteiger partial charge in [0.1, 0.15) is 0 Å². The summed E-state index contributed by atoms with van der Waals surface area (Å²) in [5.74, 6) is 1.28. The van der Waals surface area contributed by atoms with Crippen LogP contribution in [0.2, 0.25) is 0 Å². The number of methoxy groups -OCH3 is 3. The largest absolute Gasteiger partial charge is 0.493 e. The van der Waals surface area contributed by atoms with Crippen LogP contribution >= 0.6 is 0 Å². The van der Waals surface area contributed by atoms with Crippen LogP contribution in [0.25, 0.3) is 0 Å². The number of carbonyl (C=O) groups is 1. The average Bonchev–Trinajstić information content (AvgIpc) is 3.02. The molecular weight excluding hydrogens is 296 g/mol. The zero-order valence-electron chi connectivity index (χ0n) is 14.1. The maximum atomic E-state index is 12.2. The Hall–Kier alpha value is -1.79. The minimum absolute atomic E-state index is 0.0126. The number of carbonyl (C=O) groups excluding carboxylic acids is 1. The Morgan fingerprint density at radius 1 is 1.26 bits per heavy atom. The zero-order chi connectivity index (χ0) is 16.7. The van der Waals surface area contributed by atoms with Gasteiger partial charge in [0.2, 0.25) is 5.91 Å². The lowest BCUT2D eigenvalue weighted by molar-refractivity contribution is -0.120. The number of hydrogen-bond donors (Lipinski definition) is 2. The molecule has 2 N–H and O–H groups in total. The van der Waals surface area contributed by atoms with Crippen molar-refractivity contribution in [3.8, 4) is 11.5 Å². The molecule has 0 aliphatic carbocycles. The van der Waals surface area contributed by atoms with Crippen LogP contribution in [0.5, 0.6) is 11.5 Å². The van der Waals surface area contributed by atoms with Crippen molar-refractivity contribution < 1.29 is 19.0 Å². The number of hydrogen-bond acceptors (Lipinski definition) is 5. The van der Waals surface area contributed by atoms with Gasteiger partial charge in [0.05, 0.1) is 32.8 Å². The van der Waals surface area contributed by atoms with Crippen molar-refractivity contribution in [1.82, 2.24) is 10.6 Å². The summed E-state index contributed by atoms with van der Waals surface area (Å²) in [6.45, 7) is 2.14. The summed E-state index contributed by atoms with van der Waals surface area (Å²) < 4.78 is 15.8. The Balaban J connectivity index is 1.91. The van der Waals surface area contributed by atoms with Crippen LogP contribution in [0, 0.1) is 0 Å². The summed E-state index contributed by atoms with van der Waals surface area (Å²) in [7, 11) is 4.86. The standard InChI is InChI=1S/C17H26N2O4/c1-21-12-17(7-4-8-19-17)11-18-16(20)10-13-5-6-14(22-2)15(9-13)23-3/h5-6,9,19H,4,7-8,10-12H2,1-3H3,(H,18,20). The van der Waals surface area contributed by atoms with Crippen LogP contribution < -0.4 is 20.1 Å². The molecule has 1 aromatic rings. The molecule has 0 saturated carbocycles. The fraction of sp³-hybridized carbons (Fsp3) is 0.588. The molecule has 1 unspecified atom stereocenters. The van der Waals surface area contributed by atoms with E-state index in [1.165, 1.54) is 0 Å². The lowest BCUT2D eigenvalue weighted by Crippen LogP contribution is -2.53. The third-order valence-corrected chi connectivity index (χ3v) is 4.19. The fourth-order valence-corrected chi connectivity index (χ4v) is 2.98. The van der Waals surface area contributed by atoms with Crippen molar-refractivity contribution in [2.75, 3.05) is 41.0 Å². The van der Waals surface area contributed by atoms with Crippen molar-refractivity contribution in [3.63, 3.8) is 0 Å². The van der Waals surface area contributed by atoms with Crippen LogP contribution in [0.15, 0.2) is 18.2 Å². The summed E-state index contributed by atoms with van der Waals surface area (Å²) in [4.78, 5) is 12.2. The van der Waals surface area contributed by atoms with Crippen LogP contribution in [0.4, 0.5) is 0 Å². The van der Waals surface area contributed by atoms with Crippen LogP contribution in [0.1, 0.15) is 18.4 Å². The Morgan fingerprint density at radius 2 is 2.04 bits per heavy atom. The quantitative estimate of drug-likeness (QED) is 0.751. The molecular formula is C17H26N2O4. The monoisotopic (exact) mass is 322 g/mol. The molecule has 1 fully saturated rings. The van der Waals surface area contributed by atoms with E-state index < -0.39 is 0 Å². The third kappa shape index (κ3) is 4.59. The smallest absolute Gasteiger partial charge is 0.224 e. The predicted octanol–water partition coefficient (Wildman–Crippen LogP) is 1.13. The van der Waals surface area contributed by atoms with Gasteiger partial charge >= 0.3 is 0 Å². The molecule has 23 heavy (non-hydrogen) atoms. The highest BCUT2D eigenvalue weighted by Gasteiger charge is 2.33. The predicted molar refractivity (Wildman–Crippen MR) is 88.1 cm³/mol. The first-order chi connectivity index (χ1) is 11.1. The first-order valence-electron chi connectivity index (χ1n) is 7.84. The molecule has 1 aliphatic heterocycles. The molecule has 128 valence electrons. The van der Waals surface area contributed by atoms with E-state index in [9.17, 15) is 4.79 Å². The summed E-state index contributed by atoms with van der Waals surface area (Å²) in [5.41, 5.74) is 0.752. The topological polar surface area (TPSA) is 68.8 Å². The lowest BCUT2D eigenvalue weighted by atomic mass is 9.98. The van der Waals surface area contributed by atoms with Gasteiger partial charge in [-0.25, -0.2) is 0 Å². The van der Waals surface area contributed by atoms with Crippen LogP contribution in [-0.4, -0.2) is 52.5 Å². The second-order valence-corrected chi connectivity index (χ2v) is 5.89. The Morgan fingerprint density at radius 3 is 2.65 bits per heavy atom. The van der Waals surface area contributed by atoms with E-state index in [1.54, 1.807) is 21.3 Å². The van der Waals surface area contributed by atoms with Gasteiger partial charge in [-0.3, -0.25) is 4.79 Å². The molecule has 0 bridgehead atoms. The maximum absolute atomic E-state index is 12.2. The Bertz CT molecular complexity index is 527. The Labute approximate surface area is 137 Å². The van der Waals surface area contributed by atoms with E-state index in [0.717, 1.165) is 24.9 Å². The maximum Gasteiger partial charge on any atom is 0.224 e. The molecule has 1 aromatic carbocycles. The minimum atomic E-state index is -0.137.